The molecule has 5 rings (SSSR count). The van der Waals surface area contributed by atoms with Crippen LogP contribution in [0.5, 0.6) is 0 Å². The molecule has 0 N–H and O–H groups in total. The van der Waals surface area contributed by atoms with Gasteiger partial charge in [-0.3, -0.25) is 9.59 Å². The average Bonchev–Trinajstić information content (AvgIpc) is 3.17. The third-order valence-corrected chi connectivity index (χ3v) is 7.26. The average molecular weight is 360 g/mol. The molecule has 138 valence electrons. The van der Waals surface area contributed by atoms with Crippen LogP contribution >= 0.6 is 0 Å². The Balaban J connectivity index is 1.68. The second-order valence-electron chi connectivity index (χ2n) is 8.48. The largest absolute Gasteiger partial charge is 0.361 e. The van der Waals surface area contributed by atoms with E-state index in [4.69, 9.17) is 4.74 Å². The first-order valence-corrected chi connectivity index (χ1v) is 9.95. The van der Waals surface area contributed by atoms with Crippen molar-refractivity contribution >= 4 is 11.6 Å². The van der Waals surface area contributed by atoms with Crippen LogP contribution in [0, 0.1) is 11.3 Å². The van der Waals surface area contributed by atoms with Gasteiger partial charge in [-0.05, 0) is 25.3 Å². The molecule has 0 radical (unpaired) electrons. The number of rotatable bonds is 3. The van der Waals surface area contributed by atoms with Gasteiger partial charge >= 0.3 is 0 Å². The molecule has 2 aliphatic heterocycles. The molecule has 3 nitrogen and oxygen atoms in total. The van der Waals surface area contributed by atoms with Gasteiger partial charge in [-0.1, -0.05) is 73.5 Å². The monoisotopic (exact) mass is 360 g/mol. The van der Waals surface area contributed by atoms with Gasteiger partial charge in [-0.25, -0.2) is 0 Å². The van der Waals surface area contributed by atoms with Crippen LogP contribution in [0.15, 0.2) is 60.7 Å². The van der Waals surface area contributed by atoms with Crippen molar-refractivity contribution in [3.63, 3.8) is 0 Å². The lowest BCUT2D eigenvalue weighted by molar-refractivity contribution is -0.135. The predicted octanol–water partition coefficient (Wildman–Crippen LogP) is 4.57. The summed E-state index contributed by atoms with van der Waals surface area (Å²) in [6, 6.07) is 19.5. The molecule has 5 atom stereocenters. The van der Waals surface area contributed by atoms with Crippen molar-refractivity contribution in [2.24, 2.45) is 11.3 Å². The number of carbonyl (C=O) groups excluding carboxylic acids is 2. The quantitative estimate of drug-likeness (QED) is 0.753. The predicted molar refractivity (Wildman–Crippen MR) is 103 cm³/mol. The van der Waals surface area contributed by atoms with E-state index in [1.807, 2.05) is 67.6 Å². The first kappa shape index (κ1) is 16.9. The summed E-state index contributed by atoms with van der Waals surface area (Å²) in [5, 5.41) is 0. The first-order valence-electron chi connectivity index (χ1n) is 9.95. The van der Waals surface area contributed by atoms with E-state index in [1.54, 1.807) is 0 Å². The minimum absolute atomic E-state index is 0.118. The Morgan fingerprint density at radius 1 is 0.963 bits per heavy atom. The number of Topliss-reactive ketones (excluding diaryl/α,β-unsaturated/α-hetero) is 2. The summed E-state index contributed by atoms with van der Waals surface area (Å²) in [6.07, 6.45) is 3.15. The fourth-order valence-electron chi connectivity index (χ4n) is 5.94. The standard InChI is InChI=1S/C24H24O3/c1-23-14-8-9-15-24(23)19(20(25)17-12-6-3-7-13-17)18(21(27-24)22(23)26)16-10-4-2-5-11-16/h2-7,10-13,18-19,21H,8-9,14-15H2,1H3/t18-,19+,21-,23-,24+/m1/s1. The Labute approximate surface area is 159 Å². The fraction of sp³-hybridized carbons (Fsp3) is 0.417. The molecule has 3 heteroatoms. The molecule has 1 saturated carbocycles. The molecule has 2 saturated heterocycles. The molecule has 3 fully saturated rings. The second-order valence-corrected chi connectivity index (χ2v) is 8.48. The highest BCUT2D eigenvalue weighted by molar-refractivity contribution is 6.04. The molecule has 0 unspecified atom stereocenters. The molecule has 1 spiro atoms. The summed E-state index contributed by atoms with van der Waals surface area (Å²) in [4.78, 5) is 27.1. The Morgan fingerprint density at radius 3 is 2.30 bits per heavy atom. The van der Waals surface area contributed by atoms with E-state index in [1.165, 1.54) is 0 Å². The van der Waals surface area contributed by atoms with Gasteiger partial charge in [0, 0.05) is 11.5 Å². The van der Waals surface area contributed by atoms with Crippen LogP contribution in [0.4, 0.5) is 0 Å². The summed E-state index contributed by atoms with van der Waals surface area (Å²) < 4.78 is 6.53. The summed E-state index contributed by atoms with van der Waals surface area (Å²) in [5.74, 6) is -0.186. The van der Waals surface area contributed by atoms with Gasteiger partial charge in [0.1, 0.15) is 6.10 Å². The van der Waals surface area contributed by atoms with Crippen LogP contribution in [-0.4, -0.2) is 23.3 Å². The van der Waals surface area contributed by atoms with E-state index in [0.29, 0.717) is 5.56 Å². The van der Waals surface area contributed by atoms with E-state index in [0.717, 1.165) is 31.2 Å². The van der Waals surface area contributed by atoms with Crippen LogP contribution in [0.1, 0.15) is 54.4 Å². The maximum atomic E-state index is 13.7. The summed E-state index contributed by atoms with van der Waals surface area (Å²) in [7, 11) is 0. The molecule has 2 heterocycles. The lowest BCUT2D eigenvalue weighted by Gasteiger charge is -2.49. The van der Waals surface area contributed by atoms with E-state index in [2.05, 4.69) is 0 Å². The minimum atomic E-state index is -0.666. The Morgan fingerprint density at radius 2 is 1.59 bits per heavy atom. The Bertz CT molecular complexity index is 890. The maximum Gasteiger partial charge on any atom is 0.170 e. The van der Waals surface area contributed by atoms with E-state index < -0.39 is 17.1 Å². The van der Waals surface area contributed by atoms with Gasteiger partial charge < -0.3 is 4.74 Å². The normalized spacial score (nSPS) is 37.2. The minimum Gasteiger partial charge on any atom is -0.361 e. The molecule has 0 aromatic heterocycles. The third-order valence-electron chi connectivity index (χ3n) is 7.26. The van der Waals surface area contributed by atoms with E-state index in [-0.39, 0.29) is 23.4 Å². The highest BCUT2D eigenvalue weighted by Crippen LogP contribution is 2.67. The lowest BCUT2D eigenvalue weighted by atomic mass is 9.51. The summed E-state index contributed by atoms with van der Waals surface area (Å²) in [6.45, 7) is 2.04. The van der Waals surface area contributed by atoms with Crippen molar-refractivity contribution in [2.75, 3.05) is 0 Å². The maximum absolute atomic E-state index is 13.7. The molecular weight excluding hydrogens is 336 g/mol. The van der Waals surface area contributed by atoms with Crippen molar-refractivity contribution in [1.82, 2.24) is 0 Å². The van der Waals surface area contributed by atoms with Crippen molar-refractivity contribution in [3.8, 4) is 0 Å². The van der Waals surface area contributed by atoms with Crippen molar-refractivity contribution in [1.29, 1.82) is 0 Å². The van der Waals surface area contributed by atoms with Gasteiger partial charge in [0.25, 0.3) is 0 Å². The van der Waals surface area contributed by atoms with E-state index in [9.17, 15) is 9.59 Å². The zero-order valence-electron chi connectivity index (χ0n) is 15.6. The first-order chi connectivity index (χ1) is 13.1. The summed E-state index contributed by atoms with van der Waals surface area (Å²) >= 11 is 0. The number of hydrogen-bond donors (Lipinski definition) is 0. The molecule has 2 bridgehead atoms. The van der Waals surface area contributed by atoms with Gasteiger partial charge in [0.15, 0.2) is 11.6 Å². The number of ether oxygens (including phenoxy) is 1. The van der Waals surface area contributed by atoms with E-state index >= 15 is 0 Å². The van der Waals surface area contributed by atoms with Crippen LogP contribution in [0.25, 0.3) is 0 Å². The highest BCUT2D eigenvalue weighted by Gasteiger charge is 2.75. The van der Waals surface area contributed by atoms with Crippen LogP contribution < -0.4 is 0 Å². The Kier molecular flexibility index (Phi) is 3.67. The topological polar surface area (TPSA) is 43.4 Å². The van der Waals surface area contributed by atoms with Crippen molar-refractivity contribution in [2.45, 2.75) is 50.2 Å². The van der Waals surface area contributed by atoms with Crippen LogP contribution in [0.3, 0.4) is 0 Å². The number of fused-ring (bicyclic) bond motifs is 1. The molecule has 2 aromatic carbocycles. The van der Waals surface area contributed by atoms with Crippen molar-refractivity contribution < 1.29 is 14.3 Å². The number of hydrogen-bond acceptors (Lipinski definition) is 3. The highest BCUT2D eigenvalue weighted by atomic mass is 16.5. The van der Waals surface area contributed by atoms with Gasteiger partial charge in [-0.15, -0.1) is 0 Å². The van der Waals surface area contributed by atoms with Crippen LogP contribution in [0.2, 0.25) is 0 Å². The Hall–Kier alpha value is -2.26. The number of carbonyl (C=O) groups is 2. The second kappa shape index (κ2) is 5.87. The lowest BCUT2D eigenvalue weighted by Crippen LogP contribution is -2.59. The molecular formula is C24H24O3. The third kappa shape index (κ3) is 2.12. The van der Waals surface area contributed by atoms with Crippen LogP contribution in [-0.2, 0) is 9.53 Å². The molecule has 3 aliphatic rings. The van der Waals surface area contributed by atoms with Gasteiger partial charge in [0.2, 0.25) is 0 Å². The molecule has 0 amide bonds. The number of ketones is 2. The zero-order chi connectivity index (χ0) is 18.6. The molecule has 27 heavy (non-hydrogen) atoms. The van der Waals surface area contributed by atoms with Gasteiger partial charge in [0.05, 0.1) is 16.9 Å². The van der Waals surface area contributed by atoms with Crippen molar-refractivity contribution in [3.05, 3.63) is 71.8 Å². The summed E-state index contributed by atoms with van der Waals surface area (Å²) in [5.41, 5.74) is 0.542. The number of benzene rings is 2. The zero-order valence-corrected chi connectivity index (χ0v) is 15.6. The molecule has 2 aromatic rings. The smallest absolute Gasteiger partial charge is 0.170 e. The SMILES string of the molecule is C[C@]12CCCC[C@@]13O[C@@H](C2=O)[C@H](c1ccccc1)[C@H]3C(=O)c1ccccc1. The fourth-order valence-corrected chi connectivity index (χ4v) is 5.94. The molecule has 1 aliphatic carbocycles. The van der Waals surface area contributed by atoms with Gasteiger partial charge in [-0.2, -0.15) is 0 Å².